The smallest absolute Gasteiger partial charge is 0.272 e. The summed E-state index contributed by atoms with van der Waals surface area (Å²) in [4.78, 5) is 14.9. The van der Waals surface area contributed by atoms with Crippen LogP contribution in [-0.4, -0.2) is 18.0 Å². The van der Waals surface area contributed by atoms with Gasteiger partial charge in [0.25, 0.3) is 5.91 Å². The van der Waals surface area contributed by atoms with Gasteiger partial charge in [-0.25, -0.2) is 0 Å². The highest BCUT2D eigenvalue weighted by molar-refractivity contribution is 8.24. The molecule has 1 heterocycles. The van der Waals surface area contributed by atoms with Crippen LogP contribution in [0.3, 0.4) is 0 Å². The fourth-order valence-electron chi connectivity index (χ4n) is 2.39. The Hall–Kier alpha value is -1.89. The molecule has 24 heavy (non-hydrogen) atoms. The van der Waals surface area contributed by atoms with Crippen molar-refractivity contribution < 1.29 is 4.79 Å². The van der Waals surface area contributed by atoms with Crippen molar-refractivity contribution in [1.29, 1.82) is 0 Å². The number of hydrogen-bond acceptors (Lipinski definition) is 5. The van der Waals surface area contributed by atoms with Crippen LogP contribution in [0.4, 0.5) is 5.69 Å². The number of nitrogens with one attached hydrogen (secondary N) is 1. The van der Waals surface area contributed by atoms with E-state index in [4.69, 9.17) is 0 Å². The number of carbonyl (C=O) groups is 1. The molecule has 0 atom stereocenters. The average Bonchev–Trinajstić information content (AvgIpc) is 2.97. The van der Waals surface area contributed by atoms with Crippen LogP contribution in [-0.2, 0) is 4.79 Å². The lowest BCUT2D eigenvalue weighted by Crippen LogP contribution is -2.24. The molecule has 6 heteroatoms. The molecule has 0 saturated heterocycles. The highest BCUT2D eigenvalue weighted by Gasteiger charge is 2.27. The van der Waals surface area contributed by atoms with Gasteiger partial charge in [-0.3, -0.25) is 4.79 Å². The first kappa shape index (κ1) is 17.0. The first-order valence-electron chi connectivity index (χ1n) is 7.45. The van der Waals surface area contributed by atoms with Crippen molar-refractivity contribution >= 4 is 35.1 Å². The molecule has 0 aromatic heterocycles. The lowest BCUT2D eigenvalue weighted by molar-refractivity contribution is -0.113. The molecular formula is C18H17N2O2S2-. The average molecular weight is 357 g/mol. The van der Waals surface area contributed by atoms with Gasteiger partial charge < -0.3 is 15.6 Å². The molecule has 0 unspecified atom stereocenters. The van der Waals surface area contributed by atoms with E-state index in [0.717, 1.165) is 20.9 Å². The molecule has 1 aliphatic heterocycles. The number of fused-ring (bicyclic) bond motifs is 1. The molecule has 0 spiro atoms. The summed E-state index contributed by atoms with van der Waals surface area (Å²) < 4.78 is 0.716. The van der Waals surface area contributed by atoms with Crippen molar-refractivity contribution in [3.63, 3.8) is 0 Å². The molecule has 2 aromatic rings. The number of para-hydroxylation sites is 1. The zero-order chi connectivity index (χ0) is 17.3. The van der Waals surface area contributed by atoms with Gasteiger partial charge in [0, 0.05) is 15.5 Å². The molecule has 0 bridgehead atoms. The van der Waals surface area contributed by atoms with Gasteiger partial charge in [-0.15, -0.1) is 0 Å². The van der Waals surface area contributed by atoms with Crippen LogP contribution in [0.15, 0.2) is 62.2 Å². The number of carbonyl (C=O) groups excluding carboxylic acids is 1. The number of hydroxylamine groups is 2. The minimum Gasteiger partial charge on any atom is -0.758 e. The minimum atomic E-state index is -0.392. The van der Waals surface area contributed by atoms with Gasteiger partial charge in [0.15, 0.2) is 0 Å². The van der Waals surface area contributed by atoms with Crippen LogP contribution in [0.25, 0.3) is 0 Å². The standard InChI is InChI=1S/C18H17N2O2S2/c1-11-9-10-12(2)16-15(11)23-18(24-16)14(20(3)22)17(21)19-13-7-5-4-6-8-13/h4-10H,1-3H3,(H,19,21)/q-1. The fraction of sp³-hybridized carbons (Fsp3) is 0.167. The molecule has 1 amide bonds. The lowest BCUT2D eigenvalue weighted by atomic mass is 10.2. The van der Waals surface area contributed by atoms with Gasteiger partial charge in [0.2, 0.25) is 0 Å². The SMILES string of the molecule is Cc1ccc(C)c2c1SC(=C(C(=O)Nc1ccccc1)N(C)[O-])S2. The van der Waals surface area contributed by atoms with E-state index < -0.39 is 5.91 Å². The van der Waals surface area contributed by atoms with E-state index in [1.54, 1.807) is 12.1 Å². The Morgan fingerprint density at radius 1 is 1.00 bits per heavy atom. The van der Waals surface area contributed by atoms with E-state index >= 15 is 0 Å². The molecule has 1 N–H and O–H groups in total. The van der Waals surface area contributed by atoms with Crippen molar-refractivity contribution in [1.82, 2.24) is 5.06 Å². The Morgan fingerprint density at radius 3 is 2.04 bits per heavy atom. The summed E-state index contributed by atoms with van der Waals surface area (Å²) in [6, 6.07) is 13.3. The third-order valence-corrected chi connectivity index (χ3v) is 6.50. The maximum absolute atomic E-state index is 12.6. The van der Waals surface area contributed by atoms with Crippen LogP contribution < -0.4 is 5.32 Å². The summed E-state index contributed by atoms with van der Waals surface area (Å²) in [6.45, 7) is 4.08. The zero-order valence-electron chi connectivity index (χ0n) is 13.6. The van der Waals surface area contributed by atoms with Crippen molar-refractivity contribution in [3.8, 4) is 0 Å². The molecule has 1 aliphatic rings. The molecule has 4 nitrogen and oxygen atoms in total. The fourth-order valence-corrected chi connectivity index (χ4v) is 5.28. The first-order valence-corrected chi connectivity index (χ1v) is 9.08. The number of hydrogen-bond donors (Lipinski definition) is 1. The van der Waals surface area contributed by atoms with E-state index in [9.17, 15) is 10.0 Å². The molecule has 0 fully saturated rings. The molecule has 0 radical (unpaired) electrons. The molecule has 124 valence electrons. The third-order valence-electron chi connectivity index (χ3n) is 3.65. The monoisotopic (exact) mass is 357 g/mol. The number of nitrogens with zero attached hydrogens (tertiary/aromatic N) is 1. The summed E-state index contributed by atoms with van der Waals surface area (Å²) in [5.41, 5.74) is 3.11. The zero-order valence-corrected chi connectivity index (χ0v) is 15.3. The Bertz CT molecular complexity index is 784. The maximum Gasteiger partial charge on any atom is 0.272 e. The maximum atomic E-state index is 12.6. The summed E-state index contributed by atoms with van der Waals surface area (Å²) in [6.07, 6.45) is 0. The highest BCUT2D eigenvalue weighted by atomic mass is 32.2. The van der Waals surface area contributed by atoms with Gasteiger partial charge in [-0.05, 0) is 44.2 Å². The van der Waals surface area contributed by atoms with E-state index in [1.807, 2.05) is 32.0 Å². The second-order valence-electron chi connectivity index (χ2n) is 5.52. The summed E-state index contributed by atoms with van der Waals surface area (Å²) in [7, 11) is 1.36. The second-order valence-corrected chi connectivity index (χ2v) is 7.82. The molecular weight excluding hydrogens is 340 g/mol. The molecule has 3 rings (SSSR count). The van der Waals surface area contributed by atoms with Crippen molar-refractivity contribution in [2.75, 3.05) is 12.4 Å². The van der Waals surface area contributed by atoms with Crippen molar-refractivity contribution in [2.24, 2.45) is 0 Å². The van der Waals surface area contributed by atoms with Crippen LogP contribution in [0.2, 0.25) is 0 Å². The van der Waals surface area contributed by atoms with E-state index in [-0.39, 0.29) is 5.70 Å². The Morgan fingerprint density at radius 2 is 1.54 bits per heavy atom. The number of rotatable bonds is 3. The summed E-state index contributed by atoms with van der Waals surface area (Å²) in [5, 5.41) is 15.5. The van der Waals surface area contributed by atoms with Gasteiger partial charge in [0.05, 0.1) is 4.24 Å². The van der Waals surface area contributed by atoms with Gasteiger partial charge in [-0.2, -0.15) is 0 Å². The normalized spacial score (nSPS) is 12.8. The van der Waals surface area contributed by atoms with Crippen LogP contribution >= 0.6 is 23.5 Å². The predicted molar refractivity (Wildman–Crippen MR) is 101 cm³/mol. The number of amides is 1. The Balaban J connectivity index is 1.94. The number of benzene rings is 2. The number of likely N-dealkylation sites (N-methyl/N-ethyl adjacent to an activating group) is 1. The summed E-state index contributed by atoms with van der Waals surface area (Å²) >= 11 is 2.98. The third kappa shape index (κ3) is 3.31. The second kappa shape index (κ2) is 6.93. The number of thioether (sulfide) groups is 2. The van der Waals surface area contributed by atoms with Crippen LogP contribution in [0.5, 0.6) is 0 Å². The number of anilines is 1. The molecule has 0 aliphatic carbocycles. The van der Waals surface area contributed by atoms with E-state index in [1.165, 1.54) is 30.6 Å². The Kier molecular flexibility index (Phi) is 4.89. The topological polar surface area (TPSA) is 55.4 Å². The van der Waals surface area contributed by atoms with Crippen molar-refractivity contribution in [2.45, 2.75) is 23.6 Å². The van der Waals surface area contributed by atoms with E-state index in [2.05, 4.69) is 17.4 Å². The van der Waals surface area contributed by atoms with Crippen LogP contribution in [0, 0.1) is 19.1 Å². The molecule has 0 saturated carbocycles. The number of aryl methyl sites for hydroxylation is 2. The highest BCUT2D eigenvalue weighted by Crippen LogP contribution is 2.54. The van der Waals surface area contributed by atoms with E-state index in [0.29, 0.717) is 15.0 Å². The van der Waals surface area contributed by atoms with Gasteiger partial charge in [-0.1, -0.05) is 53.9 Å². The first-order chi connectivity index (χ1) is 11.5. The van der Waals surface area contributed by atoms with Crippen molar-refractivity contribution in [3.05, 3.63) is 68.7 Å². The quantitative estimate of drug-likeness (QED) is 0.635. The summed E-state index contributed by atoms with van der Waals surface area (Å²) in [5.74, 6) is -0.392. The van der Waals surface area contributed by atoms with Gasteiger partial charge in [0.1, 0.15) is 5.70 Å². The van der Waals surface area contributed by atoms with Crippen LogP contribution in [0.1, 0.15) is 11.1 Å². The lowest BCUT2D eigenvalue weighted by Gasteiger charge is -2.28. The minimum absolute atomic E-state index is 0.142. The predicted octanol–water partition coefficient (Wildman–Crippen LogP) is 4.74. The Labute approximate surface area is 149 Å². The molecule has 2 aromatic carbocycles. The largest absolute Gasteiger partial charge is 0.758 e. The van der Waals surface area contributed by atoms with Gasteiger partial charge >= 0.3 is 0 Å².